The Kier molecular flexibility index (Phi) is 7.22. The van der Waals surface area contributed by atoms with Gasteiger partial charge in [-0.05, 0) is 50.6 Å². The Morgan fingerprint density at radius 1 is 1.08 bits per heavy atom. The first-order chi connectivity index (χ1) is 17.4. The van der Waals surface area contributed by atoms with Crippen LogP contribution in [-0.2, 0) is 4.57 Å². The van der Waals surface area contributed by atoms with E-state index in [-0.39, 0.29) is 44.3 Å². The molecule has 1 N–H and O–H groups in total. The highest BCUT2D eigenvalue weighted by molar-refractivity contribution is 7.69. The summed E-state index contributed by atoms with van der Waals surface area (Å²) in [4.78, 5) is 12.7. The van der Waals surface area contributed by atoms with Crippen molar-refractivity contribution in [2.45, 2.75) is 19.4 Å². The van der Waals surface area contributed by atoms with E-state index in [0.29, 0.717) is 5.44 Å². The Morgan fingerprint density at radius 2 is 1.81 bits per heavy atom. The molecule has 0 spiro atoms. The third-order valence-corrected chi connectivity index (χ3v) is 7.43. The van der Waals surface area contributed by atoms with E-state index in [9.17, 15) is 17.7 Å². The number of nitrogens with zero attached hydrogens (tertiary/aromatic N) is 4. The zero-order valence-electron chi connectivity index (χ0n) is 19.7. The highest BCUT2D eigenvalue weighted by Gasteiger charge is 2.29. The number of benzene rings is 1. The van der Waals surface area contributed by atoms with Crippen LogP contribution in [0.1, 0.15) is 22.9 Å². The number of halogens is 5. The van der Waals surface area contributed by atoms with Gasteiger partial charge in [-0.1, -0.05) is 11.6 Å². The summed E-state index contributed by atoms with van der Waals surface area (Å²) in [5.41, 5.74) is 0.0809. The summed E-state index contributed by atoms with van der Waals surface area (Å²) in [5, 5.41) is 11.6. The van der Waals surface area contributed by atoms with Crippen molar-refractivity contribution in [3.8, 4) is 17.3 Å². The average Bonchev–Trinajstić information content (AvgIpc) is 2.84. The highest BCUT2D eigenvalue weighted by Crippen LogP contribution is 2.38. The molecule has 1 unspecified atom stereocenters. The Morgan fingerprint density at radius 3 is 2.41 bits per heavy atom. The number of alkyl halides is 2. The molecule has 1 aromatic carbocycles. The minimum atomic E-state index is -3.11. The maximum absolute atomic E-state index is 15.1. The third kappa shape index (κ3) is 5.29. The number of aryl methyl sites for hydroxylation is 1. The van der Waals surface area contributed by atoms with E-state index >= 15 is 4.39 Å². The molecule has 4 rings (SSSR count). The number of fused-ring (bicyclic) bond motifs is 1. The van der Waals surface area contributed by atoms with Gasteiger partial charge in [0.2, 0.25) is 0 Å². The predicted octanol–water partition coefficient (Wildman–Crippen LogP) is 6.47. The van der Waals surface area contributed by atoms with E-state index in [2.05, 4.69) is 20.3 Å². The number of hydrogen-bond acceptors (Lipinski definition) is 6. The molecule has 0 saturated heterocycles. The lowest BCUT2D eigenvalue weighted by Gasteiger charge is -2.22. The fourth-order valence-electron chi connectivity index (χ4n) is 3.73. The molecule has 0 fully saturated rings. The third-order valence-electron chi connectivity index (χ3n) is 5.60. The van der Waals surface area contributed by atoms with E-state index in [1.807, 2.05) is 0 Å². The number of aromatic nitrogens is 3. The maximum atomic E-state index is 15.1. The van der Waals surface area contributed by atoms with Crippen LogP contribution in [0.2, 0.25) is 5.02 Å². The molecule has 1 atom stereocenters. The summed E-state index contributed by atoms with van der Waals surface area (Å²) < 4.78 is 70.2. The summed E-state index contributed by atoms with van der Waals surface area (Å²) >= 11 is 6.42. The fraction of sp³-hybridized carbons (Fsp3) is 0.200. The molecule has 0 amide bonds. The Balaban J connectivity index is 1.89. The van der Waals surface area contributed by atoms with Gasteiger partial charge in [0.25, 0.3) is 6.43 Å². The lowest BCUT2D eigenvalue weighted by Crippen LogP contribution is -2.21. The van der Waals surface area contributed by atoms with Gasteiger partial charge in [0.1, 0.15) is 30.2 Å². The molecule has 12 heteroatoms. The van der Waals surface area contributed by atoms with Crippen LogP contribution in [0.15, 0.2) is 42.6 Å². The number of hydrogen-bond donors (Lipinski definition) is 1. The van der Waals surface area contributed by atoms with E-state index in [1.54, 1.807) is 19.4 Å². The van der Waals surface area contributed by atoms with E-state index in [4.69, 9.17) is 16.9 Å². The van der Waals surface area contributed by atoms with Crippen LogP contribution in [-0.4, -0.2) is 34.7 Å². The first kappa shape index (κ1) is 26.5. The summed E-state index contributed by atoms with van der Waals surface area (Å²) in [6.45, 7) is 4.60. The van der Waals surface area contributed by atoms with Gasteiger partial charge in [0.15, 0.2) is 5.82 Å². The van der Waals surface area contributed by atoms with Crippen molar-refractivity contribution in [3.63, 3.8) is 0 Å². The minimum Gasteiger partial charge on any atom is -0.370 e. The van der Waals surface area contributed by atoms with Gasteiger partial charge in [0.05, 0.1) is 39.0 Å². The van der Waals surface area contributed by atoms with Gasteiger partial charge in [-0.25, -0.2) is 27.5 Å². The predicted molar refractivity (Wildman–Crippen MR) is 135 cm³/mol. The van der Waals surface area contributed by atoms with Crippen LogP contribution >= 0.6 is 18.7 Å². The van der Waals surface area contributed by atoms with Crippen molar-refractivity contribution in [1.82, 2.24) is 15.0 Å². The zero-order valence-corrected chi connectivity index (χ0v) is 21.4. The second kappa shape index (κ2) is 10.1. The largest absolute Gasteiger partial charge is 0.370 e. The monoisotopic (exact) mass is 547 g/mol. The SMILES string of the molecule is Cc1nc2cc(F)c(-c3ccc(P(C)(C)=O)nc3)nc2c(NC(c2cc(C#N)ccc2F)C(F)F)c1Cl. The zero-order chi connectivity index (χ0) is 27.1. The number of nitriles is 1. The molecule has 3 heterocycles. The number of anilines is 1. The second-order valence-corrected chi connectivity index (χ2v) is 12.2. The first-order valence-electron chi connectivity index (χ1n) is 10.8. The molecule has 3 aromatic heterocycles. The second-order valence-electron chi connectivity index (χ2n) is 8.63. The van der Waals surface area contributed by atoms with Gasteiger partial charge in [-0.3, -0.25) is 4.98 Å². The van der Waals surface area contributed by atoms with Crippen LogP contribution in [0.3, 0.4) is 0 Å². The van der Waals surface area contributed by atoms with Crippen molar-refractivity contribution in [2.24, 2.45) is 0 Å². The minimum absolute atomic E-state index is 0.00662. The normalized spacial score (nSPS) is 12.5. The van der Waals surface area contributed by atoms with Crippen LogP contribution in [0.4, 0.5) is 23.2 Å². The molecule has 37 heavy (non-hydrogen) atoms. The van der Waals surface area contributed by atoms with Gasteiger partial charge >= 0.3 is 0 Å². The number of pyridine rings is 3. The first-order valence-corrected chi connectivity index (χ1v) is 13.8. The Bertz CT molecular complexity index is 1600. The van der Waals surface area contributed by atoms with Crippen LogP contribution in [0.25, 0.3) is 22.3 Å². The van der Waals surface area contributed by atoms with Crippen LogP contribution < -0.4 is 10.8 Å². The molecule has 190 valence electrons. The lowest BCUT2D eigenvalue weighted by atomic mass is 10.0. The molecule has 0 radical (unpaired) electrons. The fourth-order valence-corrected chi connectivity index (χ4v) is 4.68. The van der Waals surface area contributed by atoms with Crippen LogP contribution in [0.5, 0.6) is 0 Å². The van der Waals surface area contributed by atoms with Crippen molar-refractivity contribution in [1.29, 1.82) is 5.26 Å². The average molecular weight is 548 g/mol. The smallest absolute Gasteiger partial charge is 0.262 e. The molecule has 0 aliphatic heterocycles. The molecule has 0 aliphatic carbocycles. The van der Waals surface area contributed by atoms with E-state index in [1.165, 1.54) is 31.3 Å². The summed E-state index contributed by atoms with van der Waals surface area (Å²) in [5.74, 6) is -1.70. The van der Waals surface area contributed by atoms with E-state index in [0.717, 1.165) is 18.2 Å². The molecular formula is C25H19ClF4N5OP. The lowest BCUT2D eigenvalue weighted by molar-refractivity contribution is 0.123. The van der Waals surface area contributed by atoms with Gasteiger partial charge < -0.3 is 9.88 Å². The topological polar surface area (TPSA) is 91.6 Å². The number of rotatable bonds is 6. The molecule has 0 saturated carbocycles. The number of nitrogens with one attached hydrogen (secondary N) is 1. The van der Waals surface area contributed by atoms with Gasteiger partial charge in [-0.2, -0.15) is 5.26 Å². The molecule has 4 aromatic rings. The van der Waals surface area contributed by atoms with Gasteiger partial charge in [-0.15, -0.1) is 0 Å². The van der Waals surface area contributed by atoms with E-state index < -0.39 is 36.8 Å². The molecule has 0 bridgehead atoms. The van der Waals surface area contributed by atoms with Crippen LogP contribution in [0, 0.1) is 29.9 Å². The summed E-state index contributed by atoms with van der Waals surface area (Å²) in [6.07, 6.45) is -1.80. The Hall–Kier alpha value is -3.54. The molecule has 6 nitrogen and oxygen atoms in total. The van der Waals surface area contributed by atoms with Crippen molar-refractivity contribution in [2.75, 3.05) is 18.6 Å². The van der Waals surface area contributed by atoms with Crippen molar-refractivity contribution < 1.29 is 22.1 Å². The summed E-state index contributed by atoms with van der Waals surface area (Å²) in [6, 6.07) is 7.09. The molecule has 0 aliphatic rings. The summed E-state index contributed by atoms with van der Waals surface area (Å²) in [7, 11) is -2.65. The Labute approximate surface area is 214 Å². The van der Waals surface area contributed by atoms with Crippen molar-refractivity contribution in [3.05, 3.63) is 76.1 Å². The van der Waals surface area contributed by atoms with Crippen molar-refractivity contribution >= 4 is 40.9 Å². The highest BCUT2D eigenvalue weighted by atomic mass is 35.5. The standard InChI is InChI=1S/C25H19ClF4N5OP/c1-12-20(26)24(35-22(25(29)30)15-8-13(10-31)4-6-16(15)27)23-18(33-12)9-17(28)21(34-23)14-5-7-19(32-11-14)37(2,3)36/h4-9,11,22,25H,1-3H3,(H,33,35). The quantitative estimate of drug-likeness (QED) is 0.220. The van der Waals surface area contributed by atoms with Gasteiger partial charge in [0, 0.05) is 23.4 Å². The maximum Gasteiger partial charge on any atom is 0.262 e. The molecular weight excluding hydrogens is 529 g/mol.